The normalized spacial score (nSPS) is 22.8. The quantitative estimate of drug-likeness (QED) is 0.400. The second kappa shape index (κ2) is 8.81. The number of ether oxygens (including phenoxy) is 1. The average molecular weight is 494 g/mol. The Labute approximate surface area is 207 Å². The largest absolute Gasteiger partial charge is 0.502 e. The molecule has 0 spiro atoms. The van der Waals surface area contributed by atoms with Crippen molar-refractivity contribution in [2.75, 3.05) is 18.3 Å². The van der Waals surface area contributed by atoms with Crippen LogP contribution in [-0.2, 0) is 4.87 Å². The first-order valence-corrected chi connectivity index (χ1v) is 11.7. The predicted octanol–water partition coefficient (Wildman–Crippen LogP) is 3.60. The van der Waals surface area contributed by atoms with Crippen LogP contribution in [0.15, 0.2) is 77.7 Å². The molecule has 180 valence electrons. The van der Waals surface area contributed by atoms with Gasteiger partial charge in [0.2, 0.25) is 5.43 Å². The van der Waals surface area contributed by atoms with E-state index in [0.29, 0.717) is 17.5 Å². The van der Waals surface area contributed by atoms with Gasteiger partial charge in [-0.1, -0.05) is 54.6 Å². The SMILES string of the molecule is C[C@H]1C/C=C/COc2c(F)cccc2[C@@](S)(c2ccccc2)N2CN1C(=O)c1c(O)c(=O)ccn12. The van der Waals surface area contributed by atoms with Crippen molar-refractivity contribution in [2.45, 2.75) is 24.3 Å². The van der Waals surface area contributed by atoms with E-state index in [-0.39, 0.29) is 30.8 Å². The number of aromatic hydroxyl groups is 1. The molecule has 35 heavy (non-hydrogen) atoms. The van der Waals surface area contributed by atoms with E-state index < -0.39 is 27.8 Å². The van der Waals surface area contributed by atoms with Crippen LogP contribution in [-0.4, -0.2) is 39.9 Å². The third-order valence-corrected chi connectivity index (χ3v) is 7.19. The maximum absolute atomic E-state index is 15.2. The molecule has 2 aliphatic rings. The number of hydrogen-bond acceptors (Lipinski definition) is 6. The number of halogens is 1. The number of pyridine rings is 1. The molecule has 1 N–H and O–H groups in total. The van der Waals surface area contributed by atoms with Gasteiger partial charge in [0.15, 0.2) is 27.9 Å². The summed E-state index contributed by atoms with van der Waals surface area (Å²) in [7, 11) is 0. The van der Waals surface area contributed by atoms with Gasteiger partial charge in [-0.25, -0.2) is 4.39 Å². The van der Waals surface area contributed by atoms with Gasteiger partial charge < -0.3 is 14.7 Å². The average Bonchev–Trinajstić information content (AvgIpc) is 2.86. The van der Waals surface area contributed by atoms with Gasteiger partial charge in [-0.05, 0) is 25.0 Å². The first-order chi connectivity index (χ1) is 16.8. The first-order valence-electron chi connectivity index (χ1n) is 11.2. The molecule has 0 saturated heterocycles. The molecule has 3 heterocycles. The van der Waals surface area contributed by atoms with E-state index in [2.05, 4.69) is 0 Å². The lowest BCUT2D eigenvalue weighted by molar-refractivity contribution is 0.0601. The third-order valence-electron chi connectivity index (χ3n) is 6.46. The van der Waals surface area contributed by atoms with Gasteiger partial charge >= 0.3 is 0 Å². The summed E-state index contributed by atoms with van der Waals surface area (Å²) in [6.07, 6.45) is 5.56. The van der Waals surface area contributed by atoms with E-state index in [4.69, 9.17) is 17.4 Å². The van der Waals surface area contributed by atoms with Crippen LogP contribution in [0.3, 0.4) is 0 Å². The predicted molar refractivity (Wildman–Crippen MR) is 133 cm³/mol. The van der Waals surface area contributed by atoms with Crippen LogP contribution in [0.2, 0.25) is 0 Å². The van der Waals surface area contributed by atoms with Crippen molar-refractivity contribution in [1.29, 1.82) is 0 Å². The molecule has 1 amide bonds. The molecular formula is C26H24FN3O4S. The molecule has 0 unspecified atom stereocenters. The van der Waals surface area contributed by atoms with Crippen molar-refractivity contribution in [3.05, 3.63) is 106 Å². The summed E-state index contributed by atoms with van der Waals surface area (Å²) >= 11 is 5.16. The molecule has 5 rings (SSSR count). The van der Waals surface area contributed by atoms with Crippen molar-refractivity contribution < 1.29 is 19.0 Å². The number of benzene rings is 2. The van der Waals surface area contributed by atoms with E-state index in [1.165, 1.54) is 23.0 Å². The van der Waals surface area contributed by atoms with Crippen molar-refractivity contribution in [3.63, 3.8) is 0 Å². The summed E-state index contributed by atoms with van der Waals surface area (Å²) in [6.45, 7) is 2.08. The second-order valence-corrected chi connectivity index (χ2v) is 9.21. The fraction of sp³-hybridized carbons (Fsp3) is 0.231. The number of carbonyl (C=O) groups excluding carboxylic acids is 1. The molecule has 1 aromatic heterocycles. The van der Waals surface area contributed by atoms with Crippen LogP contribution >= 0.6 is 12.6 Å². The van der Waals surface area contributed by atoms with Gasteiger partial charge in [-0.3, -0.25) is 19.3 Å². The Balaban J connectivity index is 1.87. The highest BCUT2D eigenvalue weighted by atomic mass is 32.1. The number of thiol groups is 1. The van der Waals surface area contributed by atoms with Crippen LogP contribution in [0.25, 0.3) is 0 Å². The Hall–Kier alpha value is -3.72. The summed E-state index contributed by atoms with van der Waals surface area (Å²) in [5.74, 6) is -1.65. The zero-order valence-electron chi connectivity index (χ0n) is 19.0. The maximum atomic E-state index is 15.2. The topological polar surface area (TPSA) is 75.0 Å². The van der Waals surface area contributed by atoms with Gasteiger partial charge in [-0.15, -0.1) is 12.6 Å². The van der Waals surface area contributed by atoms with Crippen LogP contribution in [0.4, 0.5) is 4.39 Å². The van der Waals surface area contributed by atoms with E-state index in [9.17, 15) is 14.7 Å². The standard InChI is InChI=1S/C26H24FN3O4S/c1-17-8-5-6-15-34-24-19(11-7-12-20(24)27)26(35,18-9-3-2-4-10-18)30-16-28(17)25(33)22-23(32)21(31)13-14-29(22)30/h2-7,9-14,17,32,35H,8,15-16H2,1H3/b6-5+/t17-,26-/m0/s1. The maximum Gasteiger partial charge on any atom is 0.278 e. The molecule has 7 nitrogen and oxygen atoms in total. The number of hydrogen-bond donors (Lipinski definition) is 2. The van der Waals surface area contributed by atoms with Gasteiger partial charge in [0.1, 0.15) is 13.3 Å². The van der Waals surface area contributed by atoms with Crippen molar-refractivity contribution in [3.8, 4) is 11.5 Å². The lowest BCUT2D eigenvalue weighted by Gasteiger charge is -2.50. The Kier molecular flexibility index (Phi) is 5.80. The first kappa shape index (κ1) is 23.0. The summed E-state index contributed by atoms with van der Waals surface area (Å²) in [5.41, 5.74) is 0.244. The number of nitrogens with zero attached hydrogens (tertiary/aromatic N) is 3. The lowest BCUT2D eigenvalue weighted by Crippen LogP contribution is -2.62. The van der Waals surface area contributed by atoms with Gasteiger partial charge in [-0.2, -0.15) is 0 Å². The minimum atomic E-state index is -1.36. The molecule has 0 aliphatic carbocycles. The number of carbonyl (C=O) groups is 1. The molecule has 2 aliphatic heterocycles. The van der Waals surface area contributed by atoms with Crippen LogP contribution in [0.5, 0.6) is 11.5 Å². The minimum Gasteiger partial charge on any atom is -0.502 e. The van der Waals surface area contributed by atoms with E-state index in [0.717, 1.165) is 0 Å². The van der Waals surface area contributed by atoms with Crippen LogP contribution < -0.4 is 15.2 Å². The molecule has 2 atom stereocenters. The van der Waals surface area contributed by atoms with Gasteiger partial charge in [0, 0.05) is 23.9 Å². The number of para-hydroxylation sites is 1. The zero-order chi connectivity index (χ0) is 24.7. The summed E-state index contributed by atoms with van der Waals surface area (Å²) in [5, 5.41) is 12.4. The third kappa shape index (κ3) is 3.67. The number of amides is 1. The van der Waals surface area contributed by atoms with Crippen molar-refractivity contribution in [1.82, 2.24) is 9.58 Å². The highest BCUT2D eigenvalue weighted by Crippen LogP contribution is 2.45. The van der Waals surface area contributed by atoms with Crippen molar-refractivity contribution >= 4 is 18.5 Å². The van der Waals surface area contributed by atoms with E-state index in [1.807, 2.05) is 43.3 Å². The molecule has 0 fully saturated rings. The Morgan fingerprint density at radius 3 is 2.63 bits per heavy atom. The molecule has 0 radical (unpaired) electrons. The van der Waals surface area contributed by atoms with E-state index in [1.54, 1.807) is 28.1 Å². The van der Waals surface area contributed by atoms with Gasteiger partial charge in [0.05, 0.1) is 0 Å². The van der Waals surface area contributed by atoms with Crippen LogP contribution in [0.1, 0.15) is 35.0 Å². The molecule has 0 saturated carbocycles. The fourth-order valence-electron chi connectivity index (χ4n) is 4.59. The highest BCUT2D eigenvalue weighted by Gasteiger charge is 2.46. The molecule has 3 aromatic rings. The minimum absolute atomic E-state index is 0.0277. The molecular weight excluding hydrogens is 469 g/mol. The Morgan fingerprint density at radius 2 is 1.86 bits per heavy atom. The second-order valence-electron chi connectivity index (χ2n) is 8.56. The number of fused-ring (bicyclic) bond motifs is 5. The Morgan fingerprint density at radius 1 is 1.09 bits per heavy atom. The number of aromatic nitrogens is 1. The smallest absolute Gasteiger partial charge is 0.278 e. The highest BCUT2D eigenvalue weighted by molar-refractivity contribution is 7.81. The molecule has 2 aromatic carbocycles. The summed E-state index contributed by atoms with van der Waals surface area (Å²) < 4.78 is 22.5. The van der Waals surface area contributed by atoms with Crippen LogP contribution in [0, 0.1) is 5.82 Å². The fourth-order valence-corrected chi connectivity index (χ4v) is 5.08. The summed E-state index contributed by atoms with van der Waals surface area (Å²) in [4.78, 5) is 26.1. The summed E-state index contributed by atoms with van der Waals surface area (Å²) in [6, 6.07) is 14.8. The van der Waals surface area contributed by atoms with Crippen molar-refractivity contribution in [2.24, 2.45) is 0 Å². The molecule has 9 heteroatoms. The molecule has 2 bridgehead atoms. The monoisotopic (exact) mass is 493 g/mol. The van der Waals surface area contributed by atoms with E-state index >= 15 is 4.39 Å². The zero-order valence-corrected chi connectivity index (χ0v) is 19.9. The number of rotatable bonds is 1. The lowest BCUT2D eigenvalue weighted by atomic mass is 9.95. The van der Waals surface area contributed by atoms with Gasteiger partial charge in [0.25, 0.3) is 5.91 Å². The Bertz CT molecular complexity index is 1380.